The second-order valence-electron chi connectivity index (χ2n) is 6.02. The lowest BCUT2D eigenvalue weighted by Gasteiger charge is -2.05. The highest BCUT2D eigenvalue weighted by atomic mass is 79.9. The summed E-state index contributed by atoms with van der Waals surface area (Å²) in [4.78, 5) is 24.1. The zero-order valence-corrected chi connectivity index (χ0v) is 18.0. The van der Waals surface area contributed by atoms with Crippen LogP contribution in [0, 0.1) is 11.3 Å². The minimum Gasteiger partial charge on any atom is -0.465 e. The third-order valence-electron chi connectivity index (χ3n) is 4.03. The van der Waals surface area contributed by atoms with E-state index in [0.717, 1.165) is 4.47 Å². The number of halogens is 2. The number of amides is 1. The number of benzene rings is 2. The van der Waals surface area contributed by atoms with Crippen LogP contribution in [-0.2, 0) is 9.53 Å². The average Bonchev–Trinajstić information content (AvgIpc) is 3.21. The minimum absolute atomic E-state index is 0.131. The Morgan fingerprint density at radius 3 is 2.57 bits per heavy atom. The van der Waals surface area contributed by atoms with Gasteiger partial charge >= 0.3 is 5.97 Å². The summed E-state index contributed by atoms with van der Waals surface area (Å²) in [6.07, 6.45) is 1.33. The van der Waals surface area contributed by atoms with Gasteiger partial charge in [0.25, 0.3) is 5.91 Å². The second-order valence-corrected chi connectivity index (χ2v) is 7.34. The van der Waals surface area contributed by atoms with Crippen molar-refractivity contribution in [3.05, 3.63) is 81.0 Å². The van der Waals surface area contributed by atoms with Gasteiger partial charge in [0.15, 0.2) is 0 Å². The maximum Gasteiger partial charge on any atom is 0.337 e. The van der Waals surface area contributed by atoms with E-state index < -0.39 is 11.9 Å². The van der Waals surface area contributed by atoms with E-state index >= 15 is 0 Å². The molecule has 0 spiro atoms. The number of methoxy groups -OCH3 is 1. The van der Waals surface area contributed by atoms with Crippen LogP contribution in [0.1, 0.15) is 16.1 Å². The molecule has 0 unspecified atom stereocenters. The fourth-order valence-electron chi connectivity index (χ4n) is 2.56. The molecule has 0 aliphatic rings. The number of hydrogen-bond acceptors (Lipinski definition) is 5. The highest BCUT2D eigenvalue weighted by Crippen LogP contribution is 2.31. The quantitative estimate of drug-likeness (QED) is 0.284. The zero-order chi connectivity index (χ0) is 21.7. The number of carbonyl (C=O) groups excluding carboxylic acids is 2. The molecule has 1 aromatic heterocycles. The molecule has 1 N–H and O–H groups in total. The summed E-state index contributed by atoms with van der Waals surface area (Å²) >= 11 is 9.54. The molecule has 3 rings (SSSR count). The van der Waals surface area contributed by atoms with Gasteiger partial charge in [0.2, 0.25) is 0 Å². The van der Waals surface area contributed by atoms with Crippen molar-refractivity contribution in [3.63, 3.8) is 0 Å². The van der Waals surface area contributed by atoms with E-state index in [9.17, 15) is 14.9 Å². The Bertz CT molecular complexity index is 1180. The third kappa shape index (κ3) is 4.98. The lowest BCUT2D eigenvalue weighted by Crippen LogP contribution is -2.13. The highest BCUT2D eigenvalue weighted by molar-refractivity contribution is 9.10. The van der Waals surface area contributed by atoms with Crippen LogP contribution in [0.15, 0.2) is 69.1 Å². The smallest absolute Gasteiger partial charge is 0.337 e. The van der Waals surface area contributed by atoms with E-state index in [1.165, 1.54) is 13.2 Å². The molecule has 0 radical (unpaired) electrons. The number of nitrogens with one attached hydrogen (secondary N) is 1. The Hall–Kier alpha value is -3.34. The lowest BCUT2D eigenvalue weighted by atomic mass is 10.1. The van der Waals surface area contributed by atoms with Gasteiger partial charge in [0.05, 0.1) is 17.7 Å². The van der Waals surface area contributed by atoms with Gasteiger partial charge in [-0.25, -0.2) is 4.79 Å². The number of esters is 1. The number of furan rings is 1. The maximum atomic E-state index is 12.4. The number of anilines is 1. The SMILES string of the molecule is COC(=O)c1ccc(Cl)c(-c2ccc(/C=C(/C#N)C(=O)Nc3ccc(Br)cc3)o2)c1. The monoisotopic (exact) mass is 484 g/mol. The minimum atomic E-state index is -0.566. The molecule has 0 saturated carbocycles. The summed E-state index contributed by atoms with van der Waals surface area (Å²) in [7, 11) is 1.29. The molecular weight excluding hydrogens is 472 g/mol. The summed E-state index contributed by atoms with van der Waals surface area (Å²) in [6, 6.07) is 16.7. The van der Waals surface area contributed by atoms with Crippen molar-refractivity contribution < 1.29 is 18.7 Å². The molecule has 8 heteroatoms. The molecule has 0 atom stereocenters. The molecular formula is C22H14BrClN2O4. The Kier molecular flexibility index (Phi) is 6.72. The van der Waals surface area contributed by atoms with Crippen molar-refractivity contribution in [2.45, 2.75) is 0 Å². The van der Waals surface area contributed by atoms with Crippen LogP contribution in [0.3, 0.4) is 0 Å². The topological polar surface area (TPSA) is 92.3 Å². The van der Waals surface area contributed by atoms with Gasteiger partial charge in [0, 0.05) is 21.8 Å². The van der Waals surface area contributed by atoms with E-state index in [4.69, 9.17) is 20.8 Å². The molecule has 0 saturated heterocycles. The molecule has 6 nitrogen and oxygen atoms in total. The Morgan fingerprint density at radius 2 is 1.90 bits per heavy atom. The summed E-state index contributed by atoms with van der Waals surface area (Å²) in [5, 5.41) is 12.4. The number of carbonyl (C=O) groups is 2. The fraction of sp³-hybridized carbons (Fsp3) is 0.0455. The van der Waals surface area contributed by atoms with E-state index in [-0.39, 0.29) is 11.3 Å². The fourth-order valence-corrected chi connectivity index (χ4v) is 3.03. The van der Waals surface area contributed by atoms with Crippen molar-refractivity contribution in [1.82, 2.24) is 0 Å². The molecule has 30 heavy (non-hydrogen) atoms. The van der Waals surface area contributed by atoms with Crippen molar-refractivity contribution in [2.75, 3.05) is 12.4 Å². The molecule has 0 fully saturated rings. The average molecular weight is 486 g/mol. The molecule has 1 amide bonds. The highest BCUT2D eigenvalue weighted by Gasteiger charge is 2.15. The van der Waals surface area contributed by atoms with Gasteiger partial charge in [-0.05, 0) is 54.6 Å². The number of ether oxygens (including phenoxy) is 1. The van der Waals surface area contributed by atoms with E-state index in [0.29, 0.717) is 27.6 Å². The van der Waals surface area contributed by atoms with E-state index in [1.54, 1.807) is 54.6 Å². The van der Waals surface area contributed by atoms with Crippen LogP contribution in [-0.4, -0.2) is 19.0 Å². The Morgan fingerprint density at radius 1 is 1.17 bits per heavy atom. The molecule has 150 valence electrons. The van der Waals surface area contributed by atoms with Gasteiger partial charge in [-0.2, -0.15) is 5.26 Å². The van der Waals surface area contributed by atoms with Gasteiger partial charge in [-0.1, -0.05) is 27.5 Å². The molecule has 1 heterocycles. The third-order valence-corrected chi connectivity index (χ3v) is 4.89. The predicted octanol–water partition coefficient (Wildman–Crippen LogP) is 5.69. The molecule has 3 aromatic rings. The summed E-state index contributed by atoms with van der Waals surface area (Å²) in [5.74, 6) is -0.408. The first-order valence-electron chi connectivity index (χ1n) is 8.58. The normalized spacial score (nSPS) is 10.9. The van der Waals surface area contributed by atoms with Gasteiger partial charge in [0.1, 0.15) is 23.2 Å². The van der Waals surface area contributed by atoms with Crippen molar-refractivity contribution in [2.24, 2.45) is 0 Å². The van der Waals surface area contributed by atoms with Crippen molar-refractivity contribution >= 4 is 51.2 Å². The van der Waals surface area contributed by atoms with Crippen molar-refractivity contribution in [1.29, 1.82) is 5.26 Å². The van der Waals surface area contributed by atoms with Crippen LogP contribution >= 0.6 is 27.5 Å². The molecule has 0 aliphatic carbocycles. The Labute approximate surface area is 185 Å². The Balaban J connectivity index is 1.85. The van der Waals surface area contributed by atoms with Crippen LogP contribution in [0.5, 0.6) is 0 Å². The summed E-state index contributed by atoms with van der Waals surface area (Å²) in [5.41, 5.74) is 1.22. The van der Waals surface area contributed by atoms with E-state index in [2.05, 4.69) is 21.2 Å². The largest absolute Gasteiger partial charge is 0.465 e. The first kappa shape index (κ1) is 21.4. The van der Waals surface area contributed by atoms with Gasteiger partial charge < -0.3 is 14.5 Å². The van der Waals surface area contributed by atoms with Gasteiger partial charge in [-0.15, -0.1) is 0 Å². The standard InChI is InChI=1S/C22H14BrClN2O4/c1-29-22(28)13-2-8-19(24)18(11-13)20-9-7-17(30-20)10-14(12-25)21(27)26-16-5-3-15(23)4-6-16/h2-11H,1H3,(H,26,27)/b14-10-. The van der Waals surface area contributed by atoms with Crippen LogP contribution in [0.4, 0.5) is 5.69 Å². The van der Waals surface area contributed by atoms with E-state index in [1.807, 2.05) is 6.07 Å². The number of nitrogens with zero attached hydrogens (tertiary/aromatic N) is 1. The zero-order valence-electron chi connectivity index (χ0n) is 15.6. The number of hydrogen-bond donors (Lipinski definition) is 1. The molecule has 0 aliphatic heterocycles. The number of nitriles is 1. The summed E-state index contributed by atoms with van der Waals surface area (Å²) < 4.78 is 11.3. The first-order valence-corrected chi connectivity index (χ1v) is 9.75. The predicted molar refractivity (Wildman–Crippen MR) is 117 cm³/mol. The molecule has 0 bridgehead atoms. The van der Waals surface area contributed by atoms with Crippen LogP contribution < -0.4 is 5.32 Å². The summed E-state index contributed by atoms with van der Waals surface area (Å²) in [6.45, 7) is 0. The van der Waals surface area contributed by atoms with Crippen molar-refractivity contribution in [3.8, 4) is 17.4 Å². The second kappa shape index (κ2) is 9.44. The maximum absolute atomic E-state index is 12.4. The number of rotatable bonds is 5. The first-order chi connectivity index (χ1) is 14.4. The van der Waals surface area contributed by atoms with Crippen LogP contribution in [0.2, 0.25) is 5.02 Å². The molecule has 2 aromatic carbocycles. The van der Waals surface area contributed by atoms with Gasteiger partial charge in [-0.3, -0.25) is 4.79 Å². The van der Waals surface area contributed by atoms with Crippen LogP contribution in [0.25, 0.3) is 17.4 Å². The lowest BCUT2D eigenvalue weighted by molar-refractivity contribution is -0.112.